The molecule has 0 spiro atoms. The molecule has 0 unspecified atom stereocenters. The van der Waals surface area contributed by atoms with Crippen LogP contribution in [0.1, 0.15) is 57.7 Å². The van der Waals surface area contributed by atoms with Crippen LogP contribution in [-0.2, 0) is 0 Å². The summed E-state index contributed by atoms with van der Waals surface area (Å²) < 4.78 is 2.26. The lowest BCUT2D eigenvalue weighted by Gasteiger charge is -2.31. The molecule has 0 aliphatic carbocycles. The SMILES string of the molecule is CCCN1CCC(c2cc3c(ncn3C(C)C)c(-c3cccnc3)n2)CC1. The predicted octanol–water partition coefficient (Wildman–Crippen LogP) is 4.66. The average molecular weight is 364 g/mol. The van der Waals surface area contributed by atoms with Crippen molar-refractivity contribution in [1.29, 1.82) is 0 Å². The summed E-state index contributed by atoms with van der Waals surface area (Å²) in [6, 6.07) is 6.70. The first kappa shape index (κ1) is 18.1. The van der Waals surface area contributed by atoms with Crippen molar-refractivity contribution < 1.29 is 0 Å². The van der Waals surface area contributed by atoms with E-state index in [9.17, 15) is 0 Å². The van der Waals surface area contributed by atoms with Crippen LogP contribution >= 0.6 is 0 Å². The van der Waals surface area contributed by atoms with Crippen molar-refractivity contribution in [3.8, 4) is 11.3 Å². The van der Waals surface area contributed by atoms with E-state index in [1.165, 1.54) is 50.1 Å². The van der Waals surface area contributed by atoms with Gasteiger partial charge in [0.2, 0.25) is 0 Å². The van der Waals surface area contributed by atoms with Crippen molar-refractivity contribution in [2.75, 3.05) is 19.6 Å². The van der Waals surface area contributed by atoms with Gasteiger partial charge in [-0.15, -0.1) is 0 Å². The van der Waals surface area contributed by atoms with E-state index in [2.05, 4.69) is 47.4 Å². The van der Waals surface area contributed by atoms with Gasteiger partial charge in [-0.2, -0.15) is 0 Å². The second-order valence-electron chi connectivity index (χ2n) is 7.87. The molecule has 4 rings (SSSR count). The zero-order valence-corrected chi connectivity index (χ0v) is 16.6. The fourth-order valence-corrected chi connectivity index (χ4v) is 4.14. The van der Waals surface area contributed by atoms with Crippen LogP contribution in [0.2, 0.25) is 0 Å². The topological polar surface area (TPSA) is 46.8 Å². The maximum atomic E-state index is 5.10. The van der Waals surface area contributed by atoms with Gasteiger partial charge in [-0.25, -0.2) is 4.98 Å². The lowest BCUT2D eigenvalue weighted by molar-refractivity contribution is 0.211. The maximum Gasteiger partial charge on any atom is 0.115 e. The second kappa shape index (κ2) is 7.77. The lowest BCUT2D eigenvalue weighted by Crippen LogP contribution is -2.33. The molecule has 0 saturated carbocycles. The molecule has 1 saturated heterocycles. The molecule has 5 nitrogen and oxygen atoms in total. The standard InChI is InChI=1S/C22H29N5/c1-4-10-26-11-7-17(8-12-26)19-13-20-22(24-15-27(20)16(2)3)21(25-19)18-6-5-9-23-14-18/h5-6,9,13-17H,4,7-8,10-12H2,1-3H3. The van der Waals surface area contributed by atoms with Gasteiger partial charge in [-0.1, -0.05) is 6.92 Å². The number of fused-ring (bicyclic) bond motifs is 1. The summed E-state index contributed by atoms with van der Waals surface area (Å²) in [5, 5.41) is 0. The van der Waals surface area contributed by atoms with Gasteiger partial charge >= 0.3 is 0 Å². The second-order valence-corrected chi connectivity index (χ2v) is 7.87. The molecule has 0 bridgehead atoms. The van der Waals surface area contributed by atoms with Crippen LogP contribution in [0.3, 0.4) is 0 Å². The number of piperidine rings is 1. The molecule has 3 aromatic rings. The summed E-state index contributed by atoms with van der Waals surface area (Å²) in [6.45, 7) is 10.2. The molecule has 0 aromatic carbocycles. The van der Waals surface area contributed by atoms with Gasteiger partial charge in [-0.3, -0.25) is 9.97 Å². The number of likely N-dealkylation sites (tertiary alicyclic amines) is 1. The van der Waals surface area contributed by atoms with Gasteiger partial charge in [0.25, 0.3) is 0 Å². The lowest BCUT2D eigenvalue weighted by atomic mass is 9.92. The van der Waals surface area contributed by atoms with Crippen LogP contribution in [0.5, 0.6) is 0 Å². The van der Waals surface area contributed by atoms with Gasteiger partial charge < -0.3 is 9.47 Å². The van der Waals surface area contributed by atoms with E-state index in [4.69, 9.17) is 9.97 Å². The van der Waals surface area contributed by atoms with Crippen LogP contribution in [0.4, 0.5) is 0 Å². The highest BCUT2D eigenvalue weighted by atomic mass is 15.1. The molecule has 0 atom stereocenters. The molecule has 0 N–H and O–H groups in total. The Morgan fingerprint density at radius 1 is 1.22 bits per heavy atom. The number of imidazole rings is 1. The molecule has 142 valence electrons. The highest BCUT2D eigenvalue weighted by Crippen LogP contribution is 2.33. The summed E-state index contributed by atoms with van der Waals surface area (Å²) in [6.07, 6.45) is 9.24. The van der Waals surface area contributed by atoms with E-state index in [1.54, 1.807) is 6.20 Å². The fourth-order valence-electron chi connectivity index (χ4n) is 4.14. The molecule has 1 aliphatic rings. The smallest absolute Gasteiger partial charge is 0.115 e. The van der Waals surface area contributed by atoms with E-state index in [-0.39, 0.29) is 0 Å². The van der Waals surface area contributed by atoms with Crippen molar-refractivity contribution in [3.05, 3.63) is 42.6 Å². The number of nitrogens with zero attached hydrogens (tertiary/aromatic N) is 5. The minimum atomic E-state index is 0.374. The van der Waals surface area contributed by atoms with Crippen LogP contribution in [-0.4, -0.2) is 44.1 Å². The van der Waals surface area contributed by atoms with Crippen LogP contribution < -0.4 is 0 Å². The molecular formula is C22H29N5. The molecule has 27 heavy (non-hydrogen) atoms. The summed E-state index contributed by atoms with van der Waals surface area (Å²) in [5.74, 6) is 0.522. The summed E-state index contributed by atoms with van der Waals surface area (Å²) >= 11 is 0. The molecule has 0 amide bonds. The fraction of sp³-hybridized carbons (Fsp3) is 0.500. The first-order valence-corrected chi connectivity index (χ1v) is 10.2. The maximum absolute atomic E-state index is 5.10. The van der Waals surface area contributed by atoms with Gasteiger partial charge in [0.1, 0.15) is 5.52 Å². The first-order valence-electron chi connectivity index (χ1n) is 10.2. The van der Waals surface area contributed by atoms with E-state index < -0.39 is 0 Å². The molecule has 5 heteroatoms. The molecule has 1 fully saturated rings. The van der Waals surface area contributed by atoms with Crippen molar-refractivity contribution >= 4 is 11.0 Å². The summed E-state index contributed by atoms with van der Waals surface area (Å²) in [4.78, 5) is 16.7. The summed E-state index contributed by atoms with van der Waals surface area (Å²) in [7, 11) is 0. The third-order valence-electron chi connectivity index (χ3n) is 5.62. The van der Waals surface area contributed by atoms with Crippen molar-refractivity contribution in [1.82, 2.24) is 24.4 Å². The number of rotatable bonds is 5. The Balaban J connectivity index is 1.76. The Hall–Kier alpha value is -2.27. The number of hydrogen-bond donors (Lipinski definition) is 0. The minimum absolute atomic E-state index is 0.374. The average Bonchev–Trinajstić information content (AvgIpc) is 3.13. The molecule has 3 aromatic heterocycles. The Morgan fingerprint density at radius 3 is 2.70 bits per heavy atom. The Morgan fingerprint density at radius 2 is 2.04 bits per heavy atom. The van der Waals surface area contributed by atoms with Crippen LogP contribution in [0.25, 0.3) is 22.3 Å². The summed E-state index contributed by atoms with van der Waals surface area (Å²) in [5.41, 5.74) is 5.38. The Bertz CT molecular complexity index is 892. The van der Waals surface area contributed by atoms with Crippen LogP contribution in [0.15, 0.2) is 36.9 Å². The monoisotopic (exact) mass is 363 g/mol. The number of pyridine rings is 2. The van der Waals surface area contributed by atoms with Crippen molar-refractivity contribution in [2.24, 2.45) is 0 Å². The molecule has 0 radical (unpaired) electrons. The van der Waals surface area contributed by atoms with E-state index in [0.717, 1.165) is 16.8 Å². The van der Waals surface area contributed by atoms with Gasteiger partial charge in [-0.05, 0) is 70.9 Å². The number of aromatic nitrogens is 4. The third kappa shape index (κ3) is 3.61. The van der Waals surface area contributed by atoms with Gasteiger partial charge in [0, 0.05) is 35.6 Å². The highest BCUT2D eigenvalue weighted by molar-refractivity contribution is 5.90. The zero-order chi connectivity index (χ0) is 18.8. The zero-order valence-electron chi connectivity index (χ0n) is 16.6. The molecule has 4 heterocycles. The first-order chi connectivity index (χ1) is 13.2. The Kier molecular flexibility index (Phi) is 5.21. The van der Waals surface area contributed by atoms with Crippen molar-refractivity contribution in [2.45, 2.75) is 52.0 Å². The normalized spacial score (nSPS) is 16.4. The quantitative estimate of drug-likeness (QED) is 0.661. The largest absolute Gasteiger partial charge is 0.328 e. The van der Waals surface area contributed by atoms with Crippen LogP contribution in [0, 0.1) is 0 Å². The van der Waals surface area contributed by atoms with E-state index >= 15 is 0 Å². The number of hydrogen-bond acceptors (Lipinski definition) is 4. The van der Waals surface area contributed by atoms with E-state index in [0.29, 0.717) is 12.0 Å². The minimum Gasteiger partial charge on any atom is -0.328 e. The van der Waals surface area contributed by atoms with Gasteiger partial charge in [0.15, 0.2) is 0 Å². The van der Waals surface area contributed by atoms with E-state index in [1.807, 2.05) is 18.6 Å². The molecule has 1 aliphatic heterocycles. The Labute approximate surface area is 161 Å². The molecular weight excluding hydrogens is 334 g/mol. The van der Waals surface area contributed by atoms with Crippen molar-refractivity contribution in [3.63, 3.8) is 0 Å². The predicted molar refractivity (Wildman–Crippen MR) is 110 cm³/mol. The van der Waals surface area contributed by atoms with Gasteiger partial charge in [0.05, 0.1) is 17.5 Å². The highest BCUT2D eigenvalue weighted by Gasteiger charge is 2.24. The third-order valence-corrected chi connectivity index (χ3v) is 5.62.